The molecule has 6 heteroatoms. The maximum atomic E-state index is 12.6. The number of rotatable bonds is 2. The van der Waals surface area contributed by atoms with E-state index in [-0.39, 0.29) is 5.56 Å². The van der Waals surface area contributed by atoms with Crippen LogP contribution in [0, 0.1) is 5.92 Å². The average molecular weight is 311 g/mol. The van der Waals surface area contributed by atoms with Gasteiger partial charge in [-0.15, -0.1) is 0 Å². The Bertz CT molecular complexity index is 798. The Balaban J connectivity index is 1.81. The highest BCUT2D eigenvalue weighted by Crippen LogP contribution is 2.33. The number of nitrogens with one attached hydrogen (secondary N) is 1. The van der Waals surface area contributed by atoms with Crippen LogP contribution in [0.15, 0.2) is 29.3 Å². The summed E-state index contributed by atoms with van der Waals surface area (Å²) < 4.78 is 1.96. The monoisotopic (exact) mass is 311 g/mol. The standard InChI is InChI=1S/C17H21N5O/c1-21(2)16-6-14(19-10-20-16)12-4-15-13-3-11(7-18-8-13)9-22(15)17(23)5-12/h4-6,10-11,13,18H,3,7-9H2,1-2H3/t11-,13+/m0/s1. The summed E-state index contributed by atoms with van der Waals surface area (Å²) in [7, 11) is 3.89. The second-order valence-electron chi connectivity index (χ2n) is 6.73. The van der Waals surface area contributed by atoms with Crippen LogP contribution in [0.3, 0.4) is 0 Å². The molecule has 2 atom stereocenters. The number of nitrogens with zero attached hydrogens (tertiary/aromatic N) is 4. The van der Waals surface area contributed by atoms with Gasteiger partial charge >= 0.3 is 0 Å². The zero-order valence-electron chi connectivity index (χ0n) is 13.5. The first-order valence-corrected chi connectivity index (χ1v) is 8.07. The molecule has 4 rings (SSSR count). The van der Waals surface area contributed by atoms with E-state index in [0.717, 1.165) is 42.4 Å². The molecule has 2 aliphatic rings. The molecular weight excluding hydrogens is 290 g/mol. The number of hydrogen-bond acceptors (Lipinski definition) is 5. The third kappa shape index (κ3) is 2.53. The van der Waals surface area contributed by atoms with Gasteiger partial charge in [0.2, 0.25) is 0 Å². The molecule has 4 heterocycles. The molecular formula is C17H21N5O. The van der Waals surface area contributed by atoms with Crippen molar-refractivity contribution in [2.75, 3.05) is 32.1 Å². The SMILES string of the molecule is CN(C)c1cc(-c2cc3n(c(=O)c2)C[C@@H]2CNC[C@H]3C2)ncn1. The quantitative estimate of drug-likeness (QED) is 0.899. The van der Waals surface area contributed by atoms with E-state index in [0.29, 0.717) is 11.8 Å². The Morgan fingerprint density at radius 3 is 2.91 bits per heavy atom. The van der Waals surface area contributed by atoms with Gasteiger partial charge in [0, 0.05) is 56.5 Å². The molecule has 2 bridgehead atoms. The fraction of sp³-hybridized carbons (Fsp3) is 0.471. The highest BCUT2D eigenvalue weighted by molar-refractivity contribution is 5.62. The van der Waals surface area contributed by atoms with Crippen molar-refractivity contribution in [3.05, 3.63) is 40.6 Å². The van der Waals surface area contributed by atoms with Crippen LogP contribution in [-0.4, -0.2) is 41.7 Å². The maximum absolute atomic E-state index is 12.6. The first kappa shape index (κ1) is 14.4. The molecule has 0 aliphatic carbocycles. The fourth-order valence-corrected chi connectivity index (χ4v) is 3.70. The second-order valence-corrected chi connectivity index (χ2v) is 6.73. The Hall–Kier alpha value is -2.21. The van der Waals surface area contributed by atoms with Crippen LogP contribution in [0.25, 0.3) is 11.3 Å². The first-order chi connectivity index (χ1) is 11.1. The molecule has 0 unspecified atom stereocenters. The molecule has 1 N–H and O–H groups in total. The average Bonchev–Trinajstić information content (AvgIpc) is 2.56. The van der Waals surface area contributed by atoms with Crippen LogP contribution in [0.1, 0.15) is 18.0 Å². The predicted octanol–water partition coefficient (Wildman–Crippen LogP) is 1.08. The van der Waals surface area contributed by atoms with Crippen molar-refractivity contribution in [2.45, 2.75) is 18.9 Å². The molecule has 2 aliphatic heterocycles. The largest absolute Gasteiger partial charge is 0.363 e. The second kappa shape index (κ2) is 5.45. The van der Waals surface area contributed by atoms with Crippen molar-refractivity contribution < 1.29 is 0 Å². The van der Waals surface area contributed by atoms with Gasteiger partial charge in [0.15, 0.2) is 0 Å². The van der Waals surface area contributed by atoms with Crippen LogP contribution in [0.5, 0.6) is 0 Å². The van der Waals surface area contributed by atoms with E-state index in [2.05, 4.69) is 21.4 Å². The molecule has 120 valence electrons. The van der Waals surface area contributed by atoms with Gasteiger partial charge in [-0.2, -0.15) is 0 Å². The van der Waals surface area contributed by atoms with E-state index in [1.165, 1.54) is 6.42 Å². The van der Waals surface area contributed by atoms with Crippen molar-refractivity contribution in [1.82, 2.24) is 19.9 Å². The number of aromatic nitrogens is 3. The zero-order valence-corrected chi connectivity index (χ0v) is 13.5. The molecule has 2 aromatic heterocycles. The minimum atomic E-state index is 0.0825. The van der Waals surface area contributed by atoms with Crippen molar-refractivity contribution >= 4 is 5.82 Å². The van der Waals surface area contributed by atoms with Crippen LogP contribution >= 0.6 is 0 Å². The molecule has 2 aromatic rings. The maximum Gasteiger partial charge on any atom is 0.251 e. The predicted molar refractivity (Wildman–Crippen MR) is 89.8 cm³/mol. The number of fused-ring (bicyclic) bond motifs is 4. The minimum Gasteiger partial charge on any atom is -0.363 e. The molecule has 23 heavy (non-hydrogen) atoms. The molecule has 0 spiro atoms. The van der Waals surface area contributed by atoms with Crippen molar-refractivity contribution in [3.8, 4) is 11.3 Å². The molecule has 6 nitrogen and oxygen atoms in total. The topological polar surface area (TPSA) is 63.1 Å². The number of anilines is 1. The van der Waals surface area contributed by atoms with E-state index in [1.807, 2.05) is 29.6 Å². The van der Waals surface area contributed by atoms with Crippen LogP contribution in [0.2, 0.25) is 0 Å². The Kier molecular flexibility index (Phi) is 3.41. The first-order valence-electron chi connectivity index (χ1n) is 8.07. The van der Waals surface area contributed by atoms with E-state index in [1.54, 1.807) is 12.4 Å². The van der Waals surface area contributed by atoms with Gasteiger partial charge in [-0.3, -0.25) is 4.79 Å². The van der Waals surface area contributed by atoms with Crippen molar-refractivity contribution in [2.24, 2.45) is 5.92 Å². The van der Waals surface area contributed by atoms with E-state index in [4.69, 9.17) is 0 Å². The molecule has 0 aromatic carbocycles. The Labute approximate surface area is 135 Å². The third-order valence-corrected chi connectivity index (χ3v) is 4.87. The van der Waals surface area contributed by atoms with Gasteiger partial charge < -0.3 is 14.8 Å². The highest BCUT2D eigenvalue weighted by Gasteiger charge is 2.31. The van der Waals surface area contributed by atoms with Crippen LogP contribution in [0.4, 0.5) is 5.82 Å². The molecule has 1 saturated heterocycles. The summed E-state index contributed by atoms with van der Waals surface area (Å²) in [6.45, 7) is 2.79. The Morgan fingerprint density at radius 2 is 2.09 bits per heavy atom. The number of hydrogen-bond donors (Lipinski definition) is 1. The molecule has 0 amide bonds. The van der Waals surface area contributed by atoms with Gasteiger partial charge in [0.1, 0.15) is 12.1 Å². The highest BCUT2D eigenvalue weighted by atomic mass is 16.1. The van der Waals surface area contributed by atoms with E-state index in [9.17, 15) is 4.79 Å². The van der Waals surface area contributed by atoms with Gasteiger partial charge in [-0.05, 0) is 24.9 Å². The number of piperidine rings is 1. The van der Waals surface area contributed by atoms with E-state index < -0.39 is 0 Å². The van der Waals surface area contributed by atoms with Crippen LogP contribution < -0.4 is 15.8 Å². The summed E-state index contributed by atoms with van der Waals surface area (Å²) in [4.78, 5) is 23.1. The van der Waals surface area contributed by atoms with Crippen molar-refractivity contribution in [1.29, 1.82) is 0 Å². The lowest BCUT2D eigenvalue weighted by Gasteiger charge is -2.37. The lowest BCUT2D eigenvalue weighted by molar-refractivity contribution is 0.257. The summed E-state index contributed by atoms with van der Waals surface area (Å²) in [5.41, 5.74) is 2.91. The molecule has 1 fully saturated rings. The third-order valence-electron chi connectivity index (χ3n) is 4.87. The lowest BCUT2D eigenvalue weighted by Crippen LogP contribution is -2.44. The number of pyridine rings is 1. The van der Waals surface area contributed by atoms with Gasteiger partial charge in [-0.25, -0.2) is 9.97 Å². The summed E-state index contributed by atoms with van der Waals surface area (Å²) in [6, 6.07) is 5.77. The zero-order chi connectivity index (χ0) is 16.0. The minimum absolute atomic E-state index is 0.0825. The van der Waals surface area contributed by atoms with Crippen LogP contribution in [-0.2, 0) is 6.54 Å². The summed E-state index contributed by atoms with van der Waals surface area (Å²) >= 11 is 0. The lowest BCUT2D eigenvalue weighted by atomic mass is 9.83. The van der Waals surface area contributed by atoms with Gasteiger partial charge in [0.05, 0.1) is 5.69 Å². The van der Waals surface area contributed by atoms with Gasteiger partial charge in [-0.1, -0.05) is 0 Å². The summed E-state index contributed by atoms with van der Waals surface area (Å²) in [5.74, 6) is 1.83. The summed E-state index contributed by atoms with van der Waals surface area (Å²) in [5, 5.41) is 3.48. The van der Waals surface area contributed by atoms with Crippen molar-refractivity contribution in [3.63, 3.8) is 0 Å². The van der Waals surface area contributed by atoms with Gasteiger partial charge in [0.25, 0.3) is 5.56 Å². The summed E-state index contributed by atoms with van der Waals surface area (Å²) in [6.07, 6.45) is 2.72. The molecule has 0 saturated carbocycles. The van der Waals surface area contributed by atoms with E-state index >= 15 is 0 Å². The fourth-order valence-electron chi connectivity index (χ4n) is 3.70. The molecule has 0 radical (unpaired) electrons. The normalized spacial score (nSPS) is 22.5. The Morgan fingerprint density at radius 1 is 1.22 bits per heavy atom. The smallest absolute Gasteiger partial charge is 0.251 e.